The van der Waals surface area contributed by atoms with Crippen LogP contribution in [-0.4, -0.2) is 38.2 Å². The van der Waals surface area contributed by atoms with Crippen LogP contribution in [0.3, 0.4) is 0 Å². The Labute approximate surface area is 221 Å². The largest absolute Gasteiger partial charge is 0.300 e. The minimum absolute atomic E-state index is 0. The molecule has 0 aromatic heterocycles. The highest BCUT2D eigenvalue weighted by molar-refractivity contribution is 7.85. The number of Topliss-reactive ketones (excluding diaryl/α,β-unsaturated/α-hetero) is 1. The summed E-state index contributed by atoms with van der Waals surface area (Å²) in [6.07, 6.45) is 3.32. The molecular formula is C29H34ClNO4S. The predicted molar refractivity (Wildman–Crippen MR) is 146 cm³/mol. The summed E-state index contributed by atoms with van der Waals surface area (Å²) in [5.41, 5.74) is 2.29. The maximum Gasteiger partial charge on any atom is 0.272 e. The fraction of sp³-hybridized carbons (Fsp3) is 0.345. The molecule has 0 N–H and O–H groups in total. The van der Waals surface area contributed by atoms with Gasteiger partial charge in [-0.05, 0) is 37.4 Å². The predicted octanol–water partition coefficient (Wildman–Crippen LogP) is 6.21. The van der Waals surface area contributed by atoms with Crippen LogP contribution in [0.5, 0.6) is 0 Å². The highest BCUT2D eigenvalue weighted by Gasteiger charge is 2.33. The van der Waals surface area contributed by atoms with Crippen molar-refractivity contribution in [2.45, 2.75) is 56.0 Å². The van der Waals surface area contributed by atoms with Crippen molar-refractivity contribution in [2.24, 2.45) is 0 Å². The molecule has 36 heavy (non-hydrogen) atoms. The molecule has 0 saturated carbocycles. The van der Waals surface area contributed by atoms with Crippen molar-refractivity contribution in [3.8, 4) is 0 Å². The smallest absolute Gasteiger partial charge is 0.272 e. The first-order valence-corrected chi connectivity index (χ1v) is 13.8. The molecule has 0 radical (unpaired) electrons. The Morgan fingerprint density at radius 3 is 2.08 bits per heavy atom. The average molecular weight is 528 g/mol. The second kappa shape index (κ2) is 13.2. The molecule has 1 saturated heterocycles. The van der Waals surface area contributed by atoms with E-state index in [2.05, 4.69) is 4.90 Å². The van der Waals surface area contributed by atoms with E-state index in [1.807, 2.05) is 85.9 Å². The first-order chi connectivity index (χ1) is 16.9. The highest BCUT2D eigenvalue weighted by atomic mass is 35.5. The number of halogens is 1. The van der Waals surface area contributed by atoms with Crippen LogP contribution < -0.4 is 0 Å². The van der Waals surface area contributed by atoms with E-state index in [0.29, 0.717) is 18.4 Å². The molecule has 1 heterocycles. The number of rotatable bonds is 10. The Balaban J connectivity index is 0.00000361. The second-order valence-electron chi connectivity index (χ2n) is 9.32. The Morgan fingerprint density at radius 2 is 1.44 bits per heavy atom. The van der Waals surface area contributed by atoms with Crippen LogP contribution >= 0.6 is 12.4 Å². The zero-order valence-electron chi connectivity index (χ0n) is 20.5. The Hall–Kier alpha value is -2.51. The lowest BCUT2D eigenvalue weighted by Crippen LogP contribution is -2.45. The molecule has 5 nitrogen and oxygen atoms in total. The van der Waals surface area contributed by atoms with E-state index < -0.39 is 16.2 Å². The third kappa shape index (κ3) is 7.74. The second-order valence-corrected chi connectivity index (χ2v) is 10.9. The summed E-state index contributed by atoms with van der Waals surface area (Å²) in [6.45, 7) is 0. The van der Waals surface area contributed by atoms with E-state index in [0.717, 1.165) is 30.4 Å². The number of carbonyl (C=O) groups is 1. The van der Waals surface area contributed by atoms with E-state index in [1.165, 1.54) is 0 Å². The average Bonchev–Trinajstić information content (AvgIpc) is 2.87. The number of hydrogen-bond acceptors (Lipinski definition) is 5. The number of piperidine rings is 1. The van der Waals surface area contributed by atoms with Gasteiger partial charge in [0.05, 0.1) is 0 Å². The van der Waals surface area contributed by atoms with Crippen molar-refractivity contribution in [3.63, 3.8) is 0 Å². The number of hydrogen-bond donors (Lipinski definition) is 0. The van der Waals surface area contributed by atoms with Crippen LogP contribution in [0.25, 0.3) is 0 Å². The zero-order valence-corrected chi connectivity index (χ0v) is 22.2. The fourth-order valence-corrected chi connectivity index (χ4v) is 6.13. The molecule has 1 aliphatic rings. The van der Waals surface area contributed by atoms with Crippen LogP contribution in [-0.2, 0) is 20.1 Å². The molecule has 0 bridgehead atoms. The van der Waals surface area contributed by atoms with Gasteiger partial charge in [-0.25, -0.2) is 0 Å². The fourth-order valence-electron chi connectivity index (χ4n) is 4.92. The van der Waals surface area contributed by atoms with Gasteiger partial charge in [0, 0.05) is 24.1 Å². The Kier molecular flexibility index (Phi) is 10.3. The Bertz CT molecular complexity index is 1190. The lowest BCUT2D eigenvalue weighted by molar-refractivity contribution is 0.0626. The van der Waals surface area contributed by atoms with Gasteiger partial charge in [0.15, 0.2) is 5.78 Å². The summed E-state index contributed by atoms with van der Waals surface area (Å²) >= 11 is 0. The molecule has 3 atom stereocenters. The first kappa shape index (κ1) is 28.1. The van der Waals surface area contributed by atoms with E-state index >= 15 is 0 Å². The summed E-state index contributed by atoms with van der Waals surface area (Å²) in [5, 5.41) is 0. The van der Waals surface area contributed by atoms with Gasteiger partial charge in [0.2, 0.25) is 0 Å². The molecular weight excluding hydrogens is 494 g/mol. The zero-order chi connectivity index (χ0) is 24.7. The molecule has 3 aromatic carbocycles. The number of ketones is 1. The number of carbonyl (C=O) groups excluding carboxylic acids is 1. The van der Waals surface area contributed by atoms with E-state index in [9.17, 15) is 13.2 Å². The molecule has 3 aromatic rings. The van der Waals surface area contributed by atoms with Crippen LogP contribution in [0.1, 0.15) is 59.7 Å². The Morgan fingerprint density at radius 1 is 0.889 bits per heavy atom. The molecule has 0 spiro atoms. The van der Waals surface area contributed by atoms with Gasteiger partial charge >= 0.3 is 0 Å². The summed E-state index contributed by atoms with van der Waals surface area (Å²) in [7, 11) is -1.74. The van der Waals surface area contributed by atoms with Gasteiger partial charge in [0.1, 0.15) is 11.9 Å². The molecule has 192 valence electrons. The molecule has 7 heteroatoms. The molecule has 1 fully saturated rings. The first-order valence-electron chi connectivity index (χ1n) is 12.2. The van der Waals surface area contributed by atoms with Crippen molar-refractivity contribution in [1.82, 2.24) is 4.90 Å². The van der Waals surface area contributed by atoms with Gasteiger partial charge in [-0.1, -0.05) is 97.4 Å². The minimum Gasteiger partial charge on any atom is -0.300 e. The lowest BCUT2D eigenvalue weighted by Gasteiger charge is -2.40. The lowest BCUT2D eigenvalue weighted by atomic mass is 9.88. The quantitative estimate of drug-likeness (QED) is 0.231. The number of nitrogens with zero attached hydrogens (tertiary/aromatic N) is 1. The van der Waals surface area contributed by atoms with Crippen LogP contribution in [0, 0.1) is 0 Å². The van der Waals surface area contributed by atoms with Crippen LogP contribution in [0.15, 0.2) is 91.0 Å². The van der Waals surface area contributed by atoms with Crippen molar-refractivity contribution < 1.29 is 17.4 Å². The molecule has 1 aliphatic heterocycles. The molecule has 0 amide bonds. The maximum absolute atomic E-state index is 13.0. The van der Waals surface area contributed by atoms with Crippen molar-refractivity contribution in [2.75, 3.05) is 7.05 Å². The topological polar surface area (TPSA) is 63.7 Å². The summed E-state index contributed by atoms with van der Waals surface area (Å²) in [6, 6.07) is 28.3. The van der Waals surface area contributed by atoms with Gasteiger partial charge in [-0.2, -0.15) is 8.42 Å². The van der Waals surface area contributed by atoms with Gasteiger partial charge in [-0.3, -0.25) is 13.9 Å². The third-order valence-corrected chi connectivity index (χ3v) is 8.06. The van der Waals surface area contributed by atoms with Gasteiger partial charge in [-0.15, -0.1) is 12.4 Å². The SMILES string of the molecule is CN1C(CC(=O)c2ccccc2)CCCC1CC(OS(=O)(=O)Cc1ccccc1)c1ccccc1.Cl. The third-order valence-electron chi connectivity index (χ3n) is 6.85. The van der Waals surface area contributed by atoms with Crippen LogP contribution in [0.4, 0.5) is 0 Å². The molecule has 0 aliphatic carbocycles. The number of benzene rings is 3. The number of likely N-dealkylation sites (tertiary alicyclic amines) is 1. The monoisotopic (exact) mass is 527 g/mol. The summed E-state index contributed by atoms with van der Waals surface area (Å²) < 4.78 is 31.8. The van der Waals surface area contributed by atoms with Gasteiger partial charge in [0.25, 0.3) is 10.1 Å². The van der Waals surface area contributed by atoms with Crippen molar-refractivity contribution in [1.29, 1.82) is 0 Å². The van der Waals surface area contributed by atoms with E-state index in [-0.39, 0.29) is 36.0 Å². The van der Waals surface area contributed by atoms with Gasteiger partial charge < -0.3 is 0 Å². The standard InChI is InChI=1S/C29H33NO4S.ClH/c1-30-26(20-28(31)24-14-7-3-8-15-24)18-11-19-27(30)21-29(25-16-9-4-10-17-25)34-35(32,33)22-23-12-5-2-6-13-23;/h2-10,12-17,26-27,29H,11,18-22H2,1H3;1H. The van der Waals surface area contributed by atoms with Crippen LogP contribution in [0.2, 0.25) is 0 Å². The molecule has 4 rings (SSSR count). The maximum atomic E-state index is 13.0. The summed E-state index contributed by atoms with van der Waals surface area (Å²) in [4.78, 5) is 15.1. The van der Waals surface area contributed by atoms with Crippen molar-refractivity contribution >= 4 is 28.3 Å². The molecule has 3 unspecified atom stereocenters. The summed E-state index contributed by atoms with van der Waals surface area (Å²) in [5.74, 6) is -0.0179. The van der Waals surface area contributed by atoms with Crippen molar-refractivity contribution in [3.05, 3.63) is 108 Å². The highest BCUT2D eigenvalue weighted by Crippen LogP contribution is 2.33. The minimum atomic E-state index is -3.79. The normalized spacial score (nSPS) is 19.2. The van der Waals surface area contributed by atoms with E-state index in [1.54, 1.807) is 12.1 Å². The van der Waals surface area contributed by atoms with E-state index in [4.69, 9.17) is 4.18 Å².